The molecule has 2 atom stereocenters. The number of non-ortho nitro benzene ring substituents is 1. The van der Waals surface area contributed by atoms with Crippen molar-refractivity contribution in [3.63, 3.8) is 0 Å². The lowest BCUT2D eigenvalue weighted by molar-refractivity contribution is -0.384. The van der Waals surface area contributed by atoms with Gasteiger partial charge >= 0.3 is 0 Å². The summed E-state index contributed by atoms with van der Waals surface area (Å²) < 4.78 is 5.37. The van der Waals surface area contributed by atoms with Gasteiger partial charge in [0.2, 0.25) is 5.91 Å². The van der Waals surface area contributed by atoms with E-state index >= 15 is 0 Å². The van der Waals surface area contributed by atoms with Crippen LogP contribution in [0, 0.1) is 16.0 Å². The Morgan fingerprint density at radius 2 is 2.00 bits per heavy atom. The molecule has 8 heteroatoms. The molecule has 4 rings (SSSR count). The number of likely N-dealkylation sites (tertiary alicyclic amines) is 1. The molecule has 2 aliphatic heterocycles. The third kappa shape index (κ3) is 3.36. The number of nitro benzene ring substituents is 1. The van der Waals surface area contributed by atoms with Gasteiger partial charge in [-0.3, -0.25) is 24.6 Å². The Morgan fingerprint density at radius 1 is 1.22 bits per heavy atom. The van der Waals surface area contributed by atoms with E-state index in [1.54, 1.807) is 0 Å². The Balaban J connectivity index is 1.56. The SMILES string of the molecule is O=C1COc2ccc([N+](=O)[O-])cc2N1CC(=O)N1CCCC2CCCCC21. The predicted octanol–water partition coefficient (Wildman–Crippen LogP) is 2.50. The molecule has 1 aliphatic carbocycles. The fraction of sp³-hybridized carbons (Fsp3) is 0.579. The van der Waals surface area contributed by atoms with E-state index in [4.69, 9.17) is 4.74 Å². The van der Waals surface area contributed by atoms with Gasteiger partial charge in [0, 0.05) is 24.7 Å². The molecule has 2 amide bonds. The van der Waals surface area contributed by atoms with Gasteiger partial charge in [-0.25, -0.2) is 0 Å². The van der Waals surface area contributed by atoms with Gasteiger partial charge < -0.3 is 9.64 Å². The number of fused-ring (bicyclic) bond motifs is 2. The smallest absolute Gasteiger partial charge is 0.271 e. The minimum Gasteiger partial charge on any atom is -0.482 e. The molecule has 2 heterocycles. The third-order valence-corrected chi connectivity index (χ3v) is 5.95. The highest BCUT2D eigenvalue weighted by Gasteiger charge is 2.37. The largest absolute Gasteiger partial charge is 0.482 e. The molecule has 27 heavy (non-hydrogen) atoms. The van der Waals surface area contributed by atoms with Crippen LogP contribution in [0.2, 0.25) is 0 Å². The highest BCUT2D eigenvalue weighted by molar-refractivity contribution is 6.02. The number of nitro groups is 1. The predicted molar refractivity (Wildman–Crippen MR) is 97.6 cm³/mol. The lowest BCUT2D eigenvalue weighted by Crippen LogP contribution is -2.54. The Bertz CT molecular complexity index is 779. The minimum absolute atomic E-state index is 0.0840. The number of amides is 2. The molecule has 0 radical (unpaired) electrons. The van der Waals surface area contributed by atoms with Crippen LogP contribution in [-0.2, 0) is 9.59 Å². The zero-order valence-corrected chi connectivity index (χ0v) is 15.1. The van der Waals surface area contributed by atoms with Crippen LogP contribution in [0.1, 0.15) is 38.5 Å². The second-order valence-corrected chi connectivity index (χ2v) is 7.52. The summed E-state index contributed by atoms with van der Waals surface area (Å²) in [5.74, 6) is 0.514. The van der Waals surface area contributed by atoms with E-state index < -0.39 is 4.92 Å². The van der Waals surface area contributed by atoms with E-state index in [0.717, 1.165) is 25.8 Å². The van der Waals surface area contributed by atoms with Crippen molar-refractivity contribution in [2.75, 3.05) is 24.6 Å². The van der Waals surface area contributed by atoms with Crippen molar-refractivity contribution in [1.29, 1.82) is 0 Å². The summed E-state index contributed by atoms with van der Waals surface area (Å²) in [5.41, 5.74) is 0.167. The minimum atomic E-state index is -0.517. The van der Waals surface area contributed by atoms with Crippen molar-refractivity contribution < 1.29 is 19.2 Å². The van der Waals surface area contributed by atoms with Crippen LogP contribution in [0.4, 0.5) is 11.4 Å². The maximum atomic E-state index is 13.1. The molecule has 3 aliphatic rings. The van der Waals surface area contributed by atoms with E-state index in [0.29, 0.717) is 17.4 Å². The number of carbonyl (C=O) groups is 2. The second-order valence-electron chi connectivity index (χ2n) is 7.52. The molecular weight excluding hydrogens is 350 g/mol. The Hall–Kier alpha value is -2.64. The fourth-order valence-corrected chi connectivity index (χ4v) is 4.64. The van der Waals surface area contributed by atoms with Crippen molar-refractivity contribution in [1.82, 2.24) is 4.90 Å². The Morgan fingerprint density at radius 3 is 2.81 bits per heavy atom. The van der Waals surface area contributed by atoms with Gasteiger partial charge in [0.1, 0.15) is 12.3 Å². The van der Waals surface area contributed by atoms with E-state index in [1.807, 2.05) is 4.90 Å². The summed E-state index contributed by atoms with van der Waals surface area (Å²) in [7, 11) is 0. The number of piperidine rings is 1. The first-order valence-electron chi connectivity index (χ1n) is 9.55. The fourth-order valence-electron chi connectivity index (χ4n) is 4.64. The van der Waals surface area contributed by atoms with Crippen LogP contribution in [-0.4, -0.2) is 47.4 Å². The number of benzene rings is 1. The Kier molecular flexibility index (Phi) is 4.72. The van der Waals surface area contributed by atoms with E-state index in [2.05, 4.69) is 0 Å². The molecule has 0 N–H and O–H groups in total. The van der Waals surface area contributed by atoms with Crippen molar-refractivity contribution in [3.05, 3.63) is 28.3 Å². The first-order valence-corrected chi connectivity index (χ1v) is 9.55. The van der Waals surface area contributed by atoms with Crippen molar-refractivity contribution in [2.45, 2.75) is 44.6 Å². The summed E-state index contributed by atoms with van der Waals surface area (Å²) >= 11 is 0. The van der Waals surface area contributed by atoms with Crippen molar-refractivity contribution in [3.8, 4) is 5.75 Å². The number of hydrogen-bond acceptors (Lipinski definition) is 5. The van der Waals surface area contributed by atoms with Gasteiger partial charge in [0.25, 0.3) is 11.6 Å². The molecule has 1 aromatic rings. The number of anilines is 1. The van der Waals surface area contributed by atoms with Gasteiger partial charge in [-0.2, -0.15) is 0 Å². The first kappa shape index (κ1) is 17.8. The van der Waals surface area contributed by atoms with Crippen LogP contribution >= 0.6 is 0 Å². The number of rotatable bonds is 3. The summed E-state index contributed by atoms with van der Waals surface area (Å²) in [5, 5.41) is 11.1. The van der Waals surface area contributed by atoms with Crippen LogP contribution < -0.4 is 9.64 Å². The zero-order chi connectivity index (χ0) is 19.0. The zero-order valence-electron chi connectivity index (χ0n) is 15.1. The van der Waals surface area contributed by atoms with Gasteiger partial charge in [-0.15, -0.1) is 0 Å². The quantitative estimate of drug-likeness (QED) is 0.599. The molecule has 1 saturated heterocycles. The highest BCUT2D eigenvalue weighted by Crippen LogP contribution is 2.37. The number of hydrogen-bond donors (Lipinski definition) is 0. The first-order chi connectivity index (χ1) is 13.0. The lowest BCUT2D eigenvalue weighted by atomic mass is 9.78. The van der Waals surface area contributed by atoms with E-state index in [1.165, 1.54) is 42.4 Å². The van der Waals surface area contributed by atoms with Crippen LogP contribution in [0.25, 0.3) is 0 Å². The highest BCUT2D eigenvalue weighted by atomic mass is 16.6. The van der Waals surface area contributed by atoms with Crippen LogP contribution in [0.15, 0.2) is 18.2 Å². The number of carbonyl (C=O) groups excluding carboxylic acids is 2. The monoisotopic (exact) mass is 373 g/mol. The van der Waals surface area contributed by atoms with Gasteiger partial charge in [0.15, 0.2) is 6.61 Å². The molecule has 8 nitrogen and oxygen atoms in total. The second kappa shape index (κ2) is 7.17. The average molecular weight is 373 g/mol. The maximum absolute atomic E-state index is 13.1. The Labute approximate surface area is 157 Å². The van der Waals surface area contributed by atoms with E-state index in [9.17, 15) is 19.7 Å². The summed E-state index contributed by atoms with van der Waals surface area (Å²) in [6.07, 6.45) is 6.71. The number of ether oxygens (including phenoxy) is 1. The lowest BCUT2D eigenvalue weighted by Gasteiger charge is -2.44. The number of nitrogens with zero attached hydrogens (tertiary/aromatic N) is 3. The summed E-state index contributed by atoms with van der Waals surface area (Å²) in [4.78, 5) is 39.3. The van der Waals surface area contributed by atoms with Gasteiger partial charge in [-0.1, -0.05) is 12.8 Å². The topological polar surface area (TPSA) is 93.0 Å². The average Bonchev–Trinajstić information content (AvgIpc) is 2.69. The van der Waals surface area contributed by atoms with Crippen molar-refractivity contribution in [2.24, 2.45) is 5.92 Å². The van der Waals surface area contributed by atoms with Gasteiger partial charge in [-0.05, 0) is 37.7 Å². The summed E-state index contributed by atoms with van der Waals surface area (Å²) in [6, 6.07) is 4.39. The molecular formula is C19H23N3O5. The normalized spacial score (nSPS) is 24.7. The molecule has 2 unspecified atom stereocenters. The maximum Gasteiger partial charge on any atom is 0.271 e. The third-order valence-electron chi connectivity index (χ3n) is 5.95. The van der Waals surface area contributed by atoms with Crippen molar-refractivity contribution >= 4 is 23.2 Å². The van der Waals surface area contributed by atoms with Crippen LogP contribution in [0.5, 0.6) is 5.75 Å². The molecule has 1 aromatic carbocycles. The molecule has 1 saturated carbocycles. The van der Waals surface area contributed by atoms with Gasteiger partial charge in [0.05, 0.1) is 10.6 Å². The molecule has 0 aromatic heterocycles. The molecule has 0 bridgehead atoms. The molecule has 144 valence electrons. The molecule has 2 fully saturated rings. The summed E-state index contributed by atoms with van der Waals surface area (Å²) in [6.45, 7) is 0.462. The molecule has 0 spiro atoms. The van der Waals surface area contributed by atoms with Crippen LogP contribution in [0.3, 0.4) is 0 Å². The van der Waals surface area contributed by atoms with E-state index in [-0.39, 0.29) is 36.7 Å². The standard InChI is InChI=1S/C19H23N3O5/c23-18(20-9-3-5-13-4-1-2-6-15(13)20)11-21-16-10-14(22(25)26)7-8-17(16)27-12-19(21)24/h7-8,10,13,15H,1-6,9,11-12H2.